The molecule has 25 heavy (non-hydrogen) atoms. The number of hydrogen-bond acceptors (Lipinski definition) is 3. The van der Waals surface area contributed by atoms with Crippen LogP contribution in [0.1, 0.15) is 5.56 Å². The Bertz CT molecular complexity index is 841. The van der Waals surface area contributed by atoms with Gasteiger partial charge >= 0.3 is 0 Å². The predicted octanol–water partition coefficient (Wildman–Crippen LogP) is 2.60. The fraction of sp³-hybridized carbons (Fsp3) is 0.235. The number of carbonyl (C=O) groups is 1. The summed E-state index contributed by atoms with van der Waals surface area (Å²) in [4.78, 5) is 11.9. The molecule has 0 fully saturated rings. The minimum Gasteiger partial charge on any atom is -0.354 e. The lowest BCUT2D eigenvalue weighted by Crippen LogP contribution is -2.39. The van der Waals surface area contributed by atoms with Gasteiger partial charge in [-0.05, 0) is 29.8 Å². The Labute approximate surface area is 151 Å². The van der Waals surface area contributed by atoms with Crippen LogP contribution >= 0.6 is 11.6 Å². The maximum Gasteiger partial charge on any atom is 0.232 e. The smallest absolute Gasteiger partial charge is 0.232 e. The first kappa shape index (κ1) is 19.2. The minimum atomic E-state index is -3.67. The molecule has 0 heterocycles. The topological polar surface area (TPSA) is 66.5 Å². The van der Waals surface area contributed by atoms with E-state index < -0.39 is 15.8 Å². The zero-order chi connectivity index (χ0) is 18.4. The average Bonchev–Trinajstić information content (AvgIpc) is 2.54. The number of anilines is 1. The van der Waals surface area contributed by atoms with Crippen LogP contribution in [0.2, 0.25) is 5.02 Å². The van der Waals surface area contributed by atoms with E-state index in [9.17, 15) is 17.6 Å². The third kappa shape index (κ3) is 5.72. The Balaban J connectivity index is 1.96. The Kier molecular flexibility index (Phi) is 6.39. The van der Waals surface area contributed by atoms with Crippen molar-refractivity contribution in [2.75, 3.05) is 23.7 Å². The molecule has 2 rings (SSSR count). The standard InChI is InChI=1S/C17H18ClFN2O3S/c1-25(23,24)21(16-5-3-2-4-15(16)19)11-10-20-17(22)12-13-6-8-14(18)9-7-13/h2-9H,10-12H2,1H3,(H,20,22). The van der Waals surface area contributed by atoms with E-state index in [0.29, 0.717) is 5.02 Å². The first-order valence-corrected chi connectivity index (χ1v) is 9.73. The van der Waals surface area contributed by atoms with Gasteiger partial charge in [-0.3, -0.25) is 9.10 Å². The summed E-state index contributed by atoms with van der Waals surface area (Å²) in [5, 5.41) is 3.22. The van der Waals surface area contributed by atoms with Crippen molar-refractivity contribution < 1.29 is 17.6 Å². The molecule has 2 aromatic rings. The van der Waals surface area contributed by atoms with E-state index in [4.69, 9.17) is 11.6 Å². The van der Waals surface area contributed by atoms with E-state index >= 15 is 0 Å². The summed E-state index contributed by atoms with van der Waals surface area (Å²) >= 11 is 5.79. The maximum absolute atomic E-state index is 13.9. The Morgan fingerprint density at radius 2 is 1.80 bits per heavy atom. The molecule has 0 radical (unpaired) electrons. The fourth-order valence-corrected chi connectivity index (χ4v) is 3.32. The summed E-state index contributed by atoms with van der Waals surface area (Å²) in [6, 6.07) is 12.5. The highest BCUT2D eigenvalue weighted by Gasteiger charge is 2.20. The van der Waals surface area contributed by atoms with Crippen LogP contribution < -0.4 is 9.62 Å². The molecule has 8 heteroatoms. The van der Waals surface area contributed by atoms with E-state index in [1.165, 1.54) is 18.2 Å². The van der Waals surface area contributed by atoms with Crippen molar-refractivity contribution in [3.05, 3.63) is 64.9 Å². The van der Waals surface area contributed by atoms with Gasteiger partial charge in [-0.1, -0.05) is 35.9 Å². The van der Waals surface area contributed by atoms with E-state index in [1.54, 1.807) is 30.3 Å². The normalized spacial score (nSPS) is 11.2. The number of para-hydroxylation sites is 1. The van der Waals surface area contributed by atoms with Crippen molar-refractivity contribution >= 4 is 33.2 Å². The maximum atomic E-state index is 13.9. The SMILES string of the molecule is CS(=O)(=O)N(CCNC(=O)Cc1ccc(Cl)cc1)c1ccccc1F. The second-order valence-corrected chi connectivity index (χ2v) is 7.78. The Morgan fingerprint density at radius 1 is 1.16 bits per heavy atom. The summed E-state index contributed by atoms with van der Waals surface area (Å²) < 4.78 is 38.6. The summed E-state index contributed by atoms with van der Waals surface area (Å²) in [6.07, 6.45) is 1.14. The van der Waals surface area contributed by atoms with Gasteiger partial charge in [0, 0.05) is 11.6 Å². The third-order valence-electron chi connectivity index (χ3n) is 3.44. The zero-order valence-corrected chi connectivity index (χ0v) is 15.1. The number of nitrogens with zero attached hydrogens (tertiary/aromatic N) is 1. The fourth-order valence-electron chi connectivity index (χ4n) is 2.27. The largest absolute Gasteiger partial charge is 0.354 e. The van der Waals surface area contributed by atoms with Crippen molar-refractivity contribution in [3.8, 4) is 0 Å². The van der Waals surface area contributed by atoms with Crippen LogP contribution in [-0.2, 0) is 21.2 Å². The van der Waals surface area contributed by atoms with Crippen molar-refractivity contribution in [1.29, 1.82) is 0 Å². The van der Waals surface area contributed by atoms with Crippen molar-refractivity contribution in [3.63, 3.8) is 0 Å². The highest BCUT2D eigenvalue weighted by Crippen LogP contribution is 2.20. The number of amides is 1. The predicted molar refractivity (Wildman–Crippen MR) is 96.8 cm³/mol. The molecule has 0 aliphatic carbocycles. The number of carbonyl (C=O) groups excluding carboxylic acids is 1. The van der Waals surface area contributed by atoms with E-state index in [2.05, 4.69) is 5.32 Å². The van der Waals surface area contributed by atoms with Gasteiger partial charge in [0.15, 0.2) is 0 Å². The molecule has 1 amide bonds. The lowest BCUT2D eigenvalue weighted by atomic mass is 10.1. The Hall–Kier alpha value is -2.12. The number of halogens is 2. The van der Waals surface area contributed by atoms with Crippen LogP contribution in [0.4, 0.5) is 10.1 Å². The molecule has 1 N–H and O–H groups in total. The molecule has 0 atom stereocenters. The third-order valence-corrected chi connectivity index (χ3v) is 4.87. The van der Waals surface area contributed by atoms with Gasteiger partial charge < -0.3 is 5.32 Å². The van der Waals surface area contributed by atoms with E-state index in [-0.39, 0.29) is 31.1 Å². The molecule has 0 spiro atoms. The number of rotatable bonds is 7. The summed E-state index contributed by atoms with van der Waals surface area (Å²) in [5.74, 6) is -0.898. The van der Waals surface area contributed by atoms with Crippen LogP contribution in [0.15, 0.2) is 48.5 Å². The van der Waals surface area contributed by atoms with Gasteiger partial charge in [0.1, 0.15) is 5.82 Å². The van der Waals surface area contributed by atoms with Crippen LogP contribution in [0.25, 0.3) is 0 Å². The quantitative estimate of drug-likeness (QED) is 0.798. The van der Waals surface area contributed by atoms with Crippen molar-refractivity contribution in [2.45, 2.75) is 6.42 Å². The lowest BCUT2D eigenvalue weighted by molar-refractivity contribution is -0.120. The molecule has 134 valence electrons. The van der Waals surface area contributed by atoms with Gasteiger partial charge in [0.2, 0.25) is 15.9 Å². The van der Waals surface area contributed by atoms with E-state index in [1.807, 2.05) is 0 Å². The number of hydrogen-bond donors (Lipinski definition) is 1. The number of nitrogens with one attached hydrogen (secondary N) is 1. The highest BCUT2D eigenvalue weighted by molar-refractivity contribution is 7.92. The highest BCUT2D eigenvalue weighted by atomic mass is 35.5. The van der Waals surface area contributed by atoms with Crippen molar-refractivity contribution in [2.24, 2.45) is 0 Å². The molecule has 0 aliphatic rings. The van der Waals surface area contributed by atoms with Crippen LogP contribution in [0.3, 0.4) is 0 Å². The first-order valence-electron chi connectivity index (χ1n) is 7.51. The van der Waals surface area contributed by atoms with E-state index in [0.717, 1.165) is 16.1 Å². The van der Waals surface area contributed by atoms with Gasteiger partial charge in [-0.2, -0.15) is 0 Å². The lowest BCUT2D eigenvalue weighted by Gasteiger charge is -2.23. The zero-order valence-electron chi connectivity index (χ0n) is 13.6. The molecular formula is C17H18ClFN2O3S. The molecular weight excluding hydrogens is 367 g/mol. The molecule has 0 aliphatic heterocycles. The van der Waals surface area contributed by atoms with Gasteiger partial charge in [0.25, 0.3) is 0 Å². The molecule has 0 aromatic heterocycles. The van der Waals surface area contributed by atoms with Crippen LogP contribution in [0.5, 0.6) is 0 Å². The second-order valence-electron chi connectivity index (χ2n) is 5.44. The van der Waals surface area contributed by atoms with Gasteiger partial charge in [-0.15, -0.1) is 0 Å². The number of benzene rings is 2. The average molecular weight is 385 g/mol. The second kappa shape index (κ2) is 8.31. The first-order chi connectivity index (χ1) is 11.8. The van der Waals surface area contributed by atoms with Gasteiger partial charge in [-0.25, -0.2) is 12.8 Å². The molecule has 5 nitrogen and oxygen atoms in total. The summed E-state index contributed by atoms with van der Waals surface area (Å²) in [7, 11) is -3.67. The molecule has 2 aromatic carbocycles. The van der Waals surface area contributed by atoms with Crippen molar-refractivity contribution in [1.82, 2.24) is 5.32 Å². The Morgan fingerprint density at radius 3 is 2.40 bits per heavy atom. The van der Waals surface area contributed by atoms with Crippen LogP contribution in [-0.4, -0.2) is 33.7 Å². The monoisotopic (exact) mass is 384 g/mol. The van der Waals surface area contributed by atoms with Gasteiger partial charge in [0.05, 0.1) is 24.9 Å². The minimum absolute atomic E-state index is 0.0445. The molecule has 0 bridgehead atoms. The molecule has 0 unspecified atom stereocenters. The van der Waals surface area contributed by atoms with Crippen LogP contribution in [0, 0.1) is 5.82 Å². The molecule has 0 saturated carbocycles. The molecule has 0 saturated heterocycles. The summed E-state index contributed by atoms with van der Waals surface area (Å²) in [6.45, 7) is -0.0000478. The summed E-state index contributed by atoms with van der Waals surface area (Å²) in [5.41, 5.74) is 0.743. The number of sulfonamides is 1.